The highest BCUT2D eigenvalue weighted by Crippen LogP contribution is 2.22. The van der Waals surface area contributed by atoms with Gasteiger partial charge in [0.2, 0.25) is 15.9 Å². The van der Waals surface area contributed by atoms with Crippen LogP contribution >= 0.6 is 0 Å². The van der Waals surface area contributed by atoms with E-state index in [4.69, 9.17) is 10.2 Å². The van der Waals surface area contributed by atoms with E-state index in [0.717, 1.165) is 0 Å². The molecule has 1 amide bonds. The number of carbonyl (C=O) groups excluding carboxylic acids is 1. The van der Waals surface area contributed by atoms with E-state index in [0.29, 0.717) is 13.0 Å². The lowest BCUT2D eigenvalue weighted by Gasteiger charge is -2.24. The molecule has 6 nitrogen and oxygen atoms in total. The minimum absolute atomic E-state index is 0.0187. The molecule has 1 rings (SSSR count). The normalized spacial score (nSPS) is 23.8. The van der Waals surface area contributed by atoms with Crippen LogP contribution in [0.2, 0.25) is 0 Å². The Hall–Kier alpha value is -0.660. The third kappa shape index (κ3) is 3.73. The van der Waals surface area contributed by atoms with Gasteiger partial charge in [-0.25, -0.2) is 13.6 Å². The zero-order valence-electron chi connectivity index (χ0n) is 9.30. The van der Waals surface area contributed by atoms with Gasteiger partial charge in [0, 0.05) is 31.5 Å². The molecular weight excluding hydrogens is 232 g/mol. The number of hydrogen-bond acceptors (Lipinski definition) is 4. The maximum Gasteiger partial charge on any atom is 0.223 e. The second-order valence-electron chi connectivity index (χ2n) is 4.31. The Kier molecular flexibility index (Phi) is 4.28. The highest BCUT2D eigenvalue weighted by molar-refractivity contribution is 7.89. The summed E-state index contributed by atoms with van der Waals surface area (Å²) < 4.78 is 21.8. The fourth-order valence-electron chi connectivity index (χ4n) is 2.02. The van der Waals surface area contributed by atoms with Crippen molar-refractivity contribution >= 4 is 15.9 Å². The molecule has 1 heterocycles. The molecule has 0 bridgehead atoms. The van der Waals surface area contributed by atoms with Crippen LogP contribution in [0, 0.1) is 5.92 Å². The minimum Gasteiger partial charge on any atom is -0.396 e. The number of sulfonamides is 1. The van der Waals surface area contributed by atoms with Crippen molar-refractivity contribution in [1.29, 1.82) is 0 Å². The van der Waals surface area contributed by atoms with Crippen LogP contribution in [0.4, 0.5) is 0 Å². The molecule has 1 saturated heterocycles. The summed E-state index contributed by atoms with van der Waals surface area (Å²) in [6.07, 6.45) is 0.736. The molecule has 0 aromatic rings. The lowest BCUT2D eigenvalue weighted by molar-refractivity contribution is -0.129. The van der Waals surface area contributed by atoms with Crippen molar-refractivity contribution in [3.05, 3.63) is 0 Å². The van der Waals surface area contributed by atoms with Crippen LogP contribution in [0.15, 0.2) is 0 Å². The van der Waals surface area contributed by atoms with Gasteiger partial charge in [0.05, 0.1) is 5.75 Å². The SMILES string of the molecule is CC(CCO)N1CC(CS(N)(=O)=O)CC1=O. The van der Waals surface area contributed by atoms with Crippen LogP contribution in [-0.2, 0) is 14.8 Å². The number of aliphatic hydroxyl groups excluding tert-OH is 1. The van der Waals surface area contributed by atoms with Crippen molar-refractivity contribution < 1.29 is 18.3 Å². The molecule has 94 valence electrons. The highest BCUT2D eigenvalue weighted by atomic mass is 32.2. The van der Waals surface area contributed by atoms with Gasteiger partial charge in [-0.1, -0.05) is 0 Å². The van der Waals surface area contributed by atoms with E-state index < -0.39 is 10.0 Å². The van der Waals surface area contributed by atoms with Gasteiger partial charge < -0.3 is 10.0 Å². The topological polar surface area (TPSA) is 101 Å². The second kappa shape index (κ2) is 5.11. The second-order valence-corrected chi connectivity index (χ2v) is 5.97. The number of rotatable bonds is 5. The summed E-state index contributed by atoms with van der Waals surface area (Å²) in [7, 11) is -3.52. The van der Waals surface area contributed by atoms with Gasteiger partial charge in [0.25, 0.3) is 0 Å². The van der Waals surface area contributed by atoms with Gasteiger partial charge in [-0.2, -0.15) is 0 Å². The molecular formula is C9H18N2O4S. The van der Waals surface area contributed by atoms with Crippen LogP contribution in [-0.4, -0.2) is 49.3 Å². The maximum absolute atomic E-state index is 11.6. The molecule has 7 heteroatoms. The maximum atomic E-state index is 11.6. The molecule has 1 aliphatic rings. The Morgan fingerprint density at radius 2 is 2.25 bits per heavy atom. The first-order chi connectivity index (χ1) is 7.33. The van der Waals surface area contributed by atoms with Gasteiger partial charge in [-0.05, 0) is 13.3 Å². The lowest BCUT2D eigenvalue weighted by Crippen LogP contribution is -2.35. The van der Waals surface area contributed by atoms with Crippen molar-refractivity contribution in [3.63, 3.8) is 0 Å². The summed E-state index contributed by atoms with van der Waals surface area (Å²) in [5.74, 6) is -0.431. The number of amides is 1. The predicted octanol–water partition coefficient (Wildman–Crippen LogP) is -1.11. The summed E-state index contributed by atoms with van der Waals surface area (Å²) in [5.41, 5.74) is 0. The van der Waals surface area contributed by atoms with Crippen molar-refractivity contribution in [2.45, 2.75) is 25.8 Å². The van der Waals surface area contributed by atoms with E-state index in [1.807, 2.05) is 6.92 Å². The van der Waals surface area contributed by atoms with Gasteiger partial charge in [0.1, 0.15) is 0 Å². The van der Waals surface area contributed by atoms with E-state index in [1.165, 1.54) is 0 Å². The molecule has 0 aromatic carbocycles. The van der Waals surface area contributed by atoms with Gasteiger partial charge in [-0.15, -0.1) is 0 Å². The predicted molar refractivity (Wildman–Crippen MR) is 59.0 cm³/mol. The minimum atomic E-state index is -3.52. The Bertz CT molecular complexity index is 355. The summed E-state index contributed by atoms with van der Waals surface area (Å²) in [4.78, 5) is 13.2. The summed E-state index contributed by atoms with van der Waals surface area (Å²) in [6.45, 7) is 2.27. The van der Waals surface area contributed by atoms with E-state index in [9.17, 15) is 13.2 Å². The first kappa shape index (κ1) is 13.4. The van der Waals surface area contributed by atoms with Crippen molar-refractivity contribution in [2.24, 2.45) is 11.1 Å². The van der Waals surface area contributed by atoms with Crippen LogP contribution < -0.4 is 5.14 Å². The Morgan fingerprint density at radius 3 is 2.75 bits per heavy atom. The largest absolute Gasteiger partial charge is 0.396 e. The van der Waals surface area contributed by atoms with Gasteiger partial charge in [0.15, 0.2) is 0 Å². The summed E-state index contributed by atoms with van der Waals surface area (Å²) in [6, 6.07) is -0.0528. The van der Waals surface area contributed by atoms with Gasteiger partial charge >= 0.3 is 0 Å². The van der Waals surface area contributed by atoms with Gasteiger partial charge in [-0.3, -0.25) is 4.79 Å². The number of primary sulfonamides is 1. The smallest absolute Gasteiger partial charge is 0.223 e. The first-order valence-corrected chi connectivity index (χ1v) is 6.96. The zero-order chi connectivity index (χ0) is 12.3. The molecule has 0 saturated carbocycles. The molecule has 3 N–H and O–H groups in total. The first-order valence-electron chi connectivity index (χ1n) is 5.24. The number of aliphatic hydroxyl groups is 1. The van der Waals surface area contributed by atoms with Crippen LogP contribution in [0.3, 0.4) is 0 Å². The number of nitrogens with two attached hydrogens (primary N) is 1. The van der Waals surface area contributed by atoms with Crippen LogP contribution in [0.1, 0.15) is 19.8 Å². The zero-order valence-corrected chi connectivity index (χ0v) is 10.1. The quantitative estimate of drug-likeness (QED) is 0.646. The molecule has 0 radical (unpaired) electrons. The van der Waals surface area contributed by atoms with E-state index in [-0.39, 0.29) is 36.6 Å². The van der Waals surface area contributed by atoms with E-state index in [2.05, 4.69) is 0 Å². The monoisotopic (exact) mass is 250 g/mol. The standard InChI is InChI=1S/C9H18N2O4S/c1-7(2-3-12)11-5-8(4-9(11)13)6-16(10,14)15/h7-8,12H,2-6H2,1H3,(H2,10,14,15). The number of nitrogens with zero attached hydrogens (tertiary/aromatic N) is 1. The fourth-order valence-corrected chi connectivity index (χ4v) is 2.90. The molecule has 0 aromatic heterocycles. The average molecular weight is 250 g/mol. The van der Waals surface area contributed by atoms with Crippen LogP contribution in [0.25, 0.3) is 0 Å². The highest BCUT2D eigenvalue weighted by Gasteiger charge is 2.34. The Labute approximate surface area is 95.5 Å². The Morgan fingerprint density at radius 1 is 1.62 bits per heavy atom. The number of likely N-dealkylation sites (tertiary alicyclic amines) is 1. The van der Waals surface area contributed by atoms with Crippen molar-refractivity contribution in [2.75, 3.05) is 18.9 Å². The van der Waals surface area contributed by atoms with E-state index in [1.54, 1.807) is 4.90 Å². The molecule has 2 atom stereocenters. The van der Waals surface area contributed by atoms with Crippen LogP contribution in [0.5, 0.6) is 0 Å². The molecule has 1 aliphatic heterocycles. The molecule has 0 aliphatic carbocycles. The molecule has 16 heavy (non-hydrogen) atoms. The Balaban J connectivity index is 2.57. The van der Waals surface area contributed by atoms with E-state index >= 15 is 0 Å². The van der Waals surface area contributed by atoms with Crippen molar-refractivity contribution in [3.8, 4) is 0 Å². The number of hydrogen-bond donors (Lipinski definition) is 2. The summed E-state index contributed by atoms with van der Waals surface area (Å²) in [5, 5.41) is 13.7. The third-order valence-electron chi connectivity index (χ3n) is 2.79. The molecule has 1 fully saturated rings. The lowest BCUT2D eigenvalue weighted by atomic mass is 10.1. The van der Waals surface area contributed by atoms with Crippen molar-refractivity contribution in [1.82, 2.24) is 4.90 Å². The molecule has 0 spiro atoms. The fraction of sp³-hybridized carbons (Fsp3) is 0.889. The number of carbonyl (C=O) groups is 1. The molecule has 2 unspecified atom stereocenters. The summed E-state index contributed by atoms with van der Waals surface area (Å²) >= 11 is 0. The average Bonchev–Trinajstić information content (AvgIpc) is 2.44. The third-order valence-corrected chi connectivity index (χ3v) is 3.72.